The minimum atomic E-state index is 0. The van der Waals surface area contributed by atoms with E-state index in [-0.39, 0.29) is 24.8 Å². The van der Waals surface area contributed by atoms with Crippen LogP contribution in [0.4, 0.5) is 0 Å². The van der Waals surface area contributed by atoms with E-state index in [1.165, 1.54) is 12.8 Å². The van der Waals surface area contributed by atoms with Crippen LogP contribution in [0.25, 0.3) is 0 Å². The number of morpholine rings is 1. The van der Waals surface area contributed by atoms with E-state index < -0.39 is 0 Å². The van der Waals surface area contributed by atoms with Gasteiger partial charge >= 0.3 is 0 Å². The second-order valence-corrected chi connectivity index (χ2v) is 7.52. The number of nitrogens with one attached hydrogen (secondary N) is 1. The highest BCUT2D eigenvalue weighted by atomic mass is 35.5. The quantitative estimate of drug-likeness (QED) is 0.792. The van der Waals surface area contributed by atoms with Gasteiger partial charge in [0.2, 0.25) is 5.91 Å². The van der Waals surface area contributed by atoms with Crippen molar-refractivity contribution in [2.24, 2.45) is 5.92 Å². The number of piperidine rings is 2. The molecule has 148 valence electrons. The summed E-state index contributed by atoms with van der Waals surface area (Å²) in [5.74, 6) is 1.14. The molecule has 0 aromatic heterocycles. The lowest BCUT2D eigenvalue weighted by molar-refractivity contribution is -0.133. The molecule has 1 atom stereocenters. The van der Waals surface area contributed by atoms with Crippen LogP contribution in [-0.4, -0.2) is 73.7 Å². The Bertz CT molecular complexity index is 387. The summed E-state index contributed by atoms with van der Waals surface area (Å²) in [7, 11) is 0. The molecule has 0 aromatic carbocycles. The summed E-state index contributed by atoms with van der Waals surface area (Å²) >= 11 is 0. The van der Waals surface area contributed by atoms with Gasteiger partial charge in [0.25, 0.3) is 0 Å². The number of rotatable bonds is 4. The van der Waals surface area contributed by atoms with Crippen molar-refractivity contribution in [2.45, 2.75) is 57.6 Å². The van der Waals surface area contributed by atoms with E-state index in [1.54, 1.807) is 0 Å². The lowest BCUT2D eigenvalue weighted by Crippen LogP contribution is -2.51. The fourth-order valence-electron chi connectivity index (χ4n) is 4.31. The van der Waals surface area contributed by atoms with Crippen LogP contribution in [0.1, 0.15) is 45.4 Å². The normalized spacial score (nSPS) is 26.6. The number of nitrogens with zero attached hydrogens (tertiary/aromatic N) is 2. The molecule has 5 nitrogen and oxygen atoms in total. The Balaban J connectivity index is 0.00000156. The molecule has 0 radical (unpaired) electrons. The van der Waals surface area contributed by atoms with E-state index in [0.717, 1.165) is 77.5 Å². The van der Waals surface area contributed by atoms with Crippen molar-refractivity contribution in [1.82, 2.24) is 15.1 Å². The van der Waals surface area contributed by atoms with Gasteiger partial charge in [-0.25, -0.2) is 0 Å². The number of hydrogen-bond donors (Lipinski definition) is 1. The second-order valence-electron chi connectivity index (χ2n) is 7.52. The molecular formula is C18H35Cl2N3O2. The van der Waals surface area contributed by atoms with Crippen LogP contribution >= 0.6 is 24.8 Å². The fraction of sp³-hybridized carbons (Fsp3) is 0.944. The molecule has 1 unspecified atom stereocenters. The Morgan fingerprint density at radius 1 is 1.08 bits per heavy atom. The number of carbonyl (C=O) groups is 1. The van der Waals surface area contributed by atoms with Crippen molar-refractivity contribution in [3.8, 4) is 0 Å². The molecule has 25 heavy (non-hydrogen) atoms. The lowest BCUT2D eigenvalue weighted by Gasteiger charge is -2.41. The summed E-state index contributed by atoms with van der Waals surface area (Å²) < 4.78 is 5.64. The van der Waals surface area contributed by atoms with E-state index >= 15 is 0 Å². The molecule has 0 saturated carbocycles. The van der Waals surface area contributed by atoms with E-state index in [4.69, 9.17) is 4.74 Å². The average Bonchev–Trinajstić information content (AvgIpc) is 2.61. The van der Waals surface area contributed by atoms with Gasteiger partial charge in [-0.15, -0.1) is 24.8 Å². The summed E-state index contributed by atoms with van der Waals surface area (Å²) in [4.78, 5) is 17.1. The number of carbonyl (C=O) groups excluding carboxylic acids is 1. The van der Waals surface area contributed by atoms with E-state index in [9.17, 15) is 4.79 Å². The topological polar surface area (TPSA) is 44.8 Å². The van der Waals surface area contributed by atoms with Gasteiger partial charge < -0.3 is 15.0 Å². The number of ether oxygens (including phenoxy) is 1. The van der Waals surface area contributed by atoms with Crippen molar-refractivity contribution in [3.63, 3.8) is 0 Å². The standard InChI is InChI=1S/C18H33N3O2.2ClH/c1-15-14-21(12-13-23-15)17-6-10-20(11-7-17)18(22)3-2-16-4-8-19-9-5-16;;/h15-17,19H,2-14H2,1H3;2*1H. The maximum Gasteiger partial charge on any atom is 0.222 e. The van der Waals surface area contributed by atoms with Gasteiger partial charge in [-0.05, 0) is 58.0 Å². The Hall–Kier alpha value is -0.0700. The van der Waals surface area contributed by atoms with Crippen LogP contribution in [0, 0.1) is 5.92 Å². The zero-order valence-electron chi connectivity index (χ0n) is 15.5. The fourth-order valence-corrected chi connectivity index (χ4v) is 4.31. The summed E-state index contributed by atoms with van der Waals surface area (Å²) in [5, 5.41) is 3.40. The SMILES string of the molecule is CC1CN(C2CCN(C(=O)CCC3CCNCC3)CC2)CCO1.Cl.Cl. The predicted molar refractivity (Wildman–Crippen MR) is 106 cm³/mol. The van der Waals surface area contributed by atoms with Gasteiger partial charge in [-0.3, -0.25) is 9.69 Å². The molecule has 0 bridgehead atoms. The van der Waals surface area contributed by atoms with Crippen molar-refractivity contribution >= 4 is 30.7 Å². The molecule has 3 saturated heterocycles. The minimum Gasteiger partial charge on any atom is -0.376 e. The highest BCUT2D eigenvalue weighted by Crippen LogP contribution is 2.22. The van der Waals surface area contributed by atoms with Crippen LogP contribution in [0.5, 0.6) is 0 Å². The predicted octanol–water partition coefficient (Wildman–Crippen LogP) is 2.32. The van der Waals surface area contributed by atoms with Crippen LogP contribution in [-0.2, 0) is 9.53 Å². The summed E-state index contributed by atoms with van der Waals surface area (Å²) in [6.45, 7) is 9.27. The summed E-state index contributed by atoms with van der Waals surface area (Å²) in [5.41, 5.74) is 0. The molecular weight excluding hydrogens is 361 g/mol. The monoisotopic (exact) mass is 395 g/mol. The van der Waals surface area contributed by atoms with Gasteiger partial charge in [-0.1, -0.05) is 0 Å². The third-order valence-electron chi connectivity index (χ3n) is 5.83. The van der Waals surface area contributed by atoms with Crippen molar-refractivity contribution in [3.05, 3.63) is 0 Å². The third-order valence-corrected chi connectivity index (χ3v) is 5.83. The summed E-state index contributed by atoms with van der Waals surface area (Å²) in [6.07, 6.45) is 6.94. The largest absolute Gasteiger partial charge is 0.376 e. The third kappa shape index (κ3) is 6.87. The first kappa shape index (κ1) is 23.0. The lowest BCUT2D eigenvalue weighted by atomic mass is 9.92. The van der Waals surface area contributed by atoms with Crippen LogP contribution in [0.3, 0.4) is 0 Å². The van der Waals surface area contributed by atoms with E-state index in [1.807, 2.05) is 0 Å². The molecule has 0 spiro atoms. The molecule has 3 aliphatic heterocycles. The molecule has 1 amide bonds. The van der Waals surface area contributed by atoms with Gasteiger partial charge in [0.05, 0.1) is 12.7 Å². The Morgan fingerprint density at radius 2 is 1.76 bits per heavy atom. The van der Waals surface area contributed by atoms with Gasteiger partial charge in [0.1, 0.15) is 0 Å². The van der Waals surface area contributed by atoms with Gasteiger partial charge in [0, 0.05) is 38.6 Å². The molecule has 3 aliphatic rings. The van der Waals surface area contributed by atoms with Crippen LogP contribution < -0.4 is 5.32 Å². The van der Waals surface area contributed by atoms with E-state index in [2.05, 4.69) is 22.0 Å². The van der Waals surface area contributed by atoms with Crippen molar-refractivity contribution in [1.29, 1.82) is 0 Å². The van der Waals surface area contributed by atoms with Crippen molar-refractivity contribution in [2.75, 3.05) is 45.9 Å². The Kier molecular flexibility index (Phi) is 10.7. The van der Waals surface area contributed by atoms with Gasteiger partial charge in [0.15, 0.2) is 0 Å². The molecule has 7 heteroatoms. The summed E-state index contributed by atoms with van der Waals surface area (Å²) in [6, 6.07) is 0.648. The van der Waals surface area contributed by atoms with Crippen LogP contribution in [0.15, 0.2) is 0 Å². The van der Waals surface area contributed by atoms with E-state index in [0.29, 0.717) is 18.1 Å². The number of halogens is 2. The minimum absolute atomic E-state index is 0. The Morgan fingerprint density at radius 3 is 2.40 bits per heavy atom. The average molecular weight is 396 g/mol. The molecule has 3 fully saturated rings. The highest BCUT2D eigenvalue weighted by molar-refractivity contribution is 5.85. The van der Waals surface area contributed by atoms with Crippen LogP contribution in [0.2, 0.25) is 0 Å². The molecule has 0 aliphatic carbocycles. The maximum absolute atomic E-state index is 12.5. The second kappa shape index (κ2) is 11.6. The smallest absolute Gasteiger partial charge is 0.222 e. The van der Waals surface area contributed by atoms with Gasteiger partial charge in [-0.2, -0.15) is 0 Å². The Labute approximate surface area is 165 Å². The molecule has 3 rings (SSSR count). The van der Waals surface area contributed by atoms with Crippen molar-refractivity contribution < 1.29 is 9.53 Å². The first-order valence-corrected chi connectivity index (χ1v) is 9.56. The molecule has 3 heterocycles. The molecule has 0 aromatic rings. The molecule has 1 N–H and O–H groups in total. The number of amides is 1. The number of likely N-dealkylation sites (tertiary alicyclic amines) is 1. The number of hydrogen-bond acceptors (Lipinski definition) is 4. The zero-order chi connectivity index (χ0) is 16.1. The highest BCUT2D eigenvalue weighted by Gasteiger charge is 2.29. The first-order valence-electron chi connectivity index (χ1n) is 9.56. The first-order chi connectivity index (χ1) is 11.2. The zero-order valence-corrected chi connectivity index (χ0v) is 17.1. The maximum atomic E-state index is 12.5.